The minimum Gasteiger partial charge on any atom is -0.465 e. The molecule has 0 spiro atoms. The van der Waals surface area contributed by atoms with Gasteiger partial charge in [0.05, 0.1) is 17.6 Å². The van der Waals surface area contributed by atoms with Crippen molar-refractivity contribution in [1.29, 1.82) is 0 Å². The molecule has 0 unspecified atom stereocenters. The average Bonchev–Trinajstić information content (AvgIpc) is 3.01. The van der Waals surface area contributed by atoms with E-state index < -0.39 is 10.9 Å². The van der Waals surface area contributed by atoms with Crippen molar-refractivity contribution in [2.75, 3.05) is 31.8 Å². The molecule has 21 heavy (non-hydrogen) atoms. The maximum absolute atomic E-state index is 11.7. The third kappa shape index (κ3) is 3.13. The molecule has 0 radical (unpaired) electrons. The average molecular weight is 293 g/mol. The molecule has 0 aliphatic carbocycles. The highest BCUT2D eigenvalue weighted by atomic mass is 16.6. The van der Waals surface area contributed by atoms with Crippen molar-refractivity contribution in [3.8, 4) is 0 Å². The molecular formula is C14H19N3O4. The van der Waals surface area contributed by atoms with Crippen molar-refractivity contribution in [2.45, 2.75) is 19.8 Å². The number of carbonyl (C=O) groups is 1. The third-order valence-electron chi connectivity index (χ3n) is 3.59. The van der Waals surface area contributed by atoms with Gasteiger partial charge in [0.25, 0.3) is 5.69 Å². The van der Waals surface area contributed by atoms with Crippen LogP contribution in [-0.4, -0.2) is 42.6 Å². The Bertz CT molecular complexity index is 541. The van der Waals surface area contributed by atoms with Gasteiger partial charge in [0.15, 0.2) is 0 Å². The number of nitro groups is 1. The molecule has 114 valence electrons. The monoisotopic (exact) mass is 293 g/mol. The SMILES string of the molecule is CCN(c1cc(C(=O)OC)ccc1[N+](=O)[O-])N1CCCC1. The lowest BCUT2D eigenvalue weighted by atomic mass is 10.1. The lowest BCUT2D eigenvalue weighted by Crippen LogP contribution is -2.41. The summed E-state index contributed by atoms with van der Waals surface area (Å²) in [7, 11) is 1.29. The molecule has 0 bridgehead atoms. The van der Waals surface area contributed by atoms with Gasteiger partial charge in [-0.05, 0) is 31.9 Å². The number of esters is 1. The van der Waals surface area contributed by atoms with Crippen LogP contribution in [0.3, 0.4) is 0 Å². The summed E-state index contributed by atoms with van der Waals surface area (Å²) in [4.78, 5) is 22.5. The smallest absolute Gasteiger partial charge is 0.337 e. The summed E-state index contributed by atoms with van der Waals surface area (Å²) in [6, 6.07) is 4.32. The highest BCUT2D eigenvalue weighted by Crippen LogP contribution is 2.31. The zero-order chi connectivity index (χ0) is 15.4. The number of hydrogen-bond donors (Lipinski definition) is 0. The van der Waals surface area contributed by atoms with Crippen LogP contribution in [0.1, 0.15) is 30.1 Å². The van der Waals surface area contributed by atoms with Crippen LogP contribution in [0.15, 0.2) is 18.2 Å². The molecule has 0 amide bonds. The van der Waals surface area contributed by atoms with E-state index in [9.17, 15) is 14.9 Å². The number of nitrogens with zero attached hydrogens (tertiary/aromatic N) is 3. The minimum absolute atomic E-state index is 0.00333. The van der Waals surface area contributed by atoms with Gasteiger partial charge in [-0.25, -0.2) is 9.80 Å². The molecule has 7 nitrogen and oxygen atoms in total. The van der Waals surface area contributed by atoms with Crippen LogP contribution in [0.25, 0.3) is 0 Å². The number of methoxy groups -OCH3 is 1. The summed E-state index contributed by atoms with van der Waals surface area (Å²) in [6.45, 7) is 4.28. The Hall–Kier alpha value is -2.15. The topological polar surface area (TPSA) is 75.9 Å². The maximum atomic E-state index is 11.7. The second-order valence-corrected chi connectivity index (χ2v) is 4.83. The lowest BCUT2D eigenvalue weighted by Gasteiger charge is -2.32. The Morgan fingerprint density at radius 2 is 2.10 bits per heavy atom. The first kappa shape index (κ1) is 15.2. The third-order valence-corrected chi connectivity index (χ3v) is 3.59. The van der Waals surface area contributed by atoms with Crippen LogP contribution in [0.4, 0.5) is 11.4 Å². The Labute approximate surface area is 123 Å². The van der Waals surface area contributed by atoms with E-state index in [0.717, 1.165) is 25.9 Å². The lowest BCUT2D eigenvalue weighted by molar-refractivity contribution is -0.384. The van der Waals surface area contributed by atoms with Gasteiger partial charge in [0, 0.05) is 25.7 Å². The van der Waals surface area contributed by atoms with E-state index in [1.165, 1.54) is 25.3 Å². The van der Waals surface area contributed by atoms with Crippen LogP contribution < -0.4 is 5.01 Å². The highest BCUT2D eigenvalue weighted by molar-refractivity contribution is 5.91. The molecule has 1 aliphatic rings. The summed E-state index contributed by atoms with van der Waals surface area (Å²) in [5, 5.41) is 15.2. The first-order valence-electron chi connectivity index (χ1n) is 6.97. The van der Waals surface area contributed by atoms with E-state index in [4.69, 9.17) is 0 Å². The van der Waals surface area contributed by atoms with E-state index in [0.29, 0.717) is 17.8 Å². The molecule has 1 heterocycles. The van der Waals surface area contributed by atoms with E-state index in [-0.39, 0.29) is 5.69 Å². The second kappa shape index (κ2) is 6.53. The molecule has 0 aromatic heterocycles. The van der Waals surface area contributed by atoms with E-state index in [2.05, 4.69) is 9.75 Å². The fraction of sp³-hybridized carbons (Fsp3) is 0.500. The van der Waals surface area contributed by atoms with Gasteiger partial charge in [-0.2, -0.15) is 0 Å². The Morgan fingerprint density at radius 3 is 2.62 bits per heavy atom. The van der Waals surface area contributed by atoms with Gasteiger partial charge in [-0.1, -0.05) is 0 Å². The van der Waals surface area contributed by atoms with Crippen molar-refractivity contribution in [3.05, 3.63) is 33.9 Å². The Kier molecular flexibility index (Phi) is 4.74. The van der Waals surface area contributed by atoms with E-state index >= 15 is 0 Å². The van der Waals surface area contributed by atoms with Crippen LogP contribution in [0.5, 0.6) is 0 Å². The van der Waals surface area contributed by atoms with Gasteiger partial charge in [-0.15, -0.1) is 0 Å². The van der Waals surface area contributed by atoms with Gasteiger partial charge in [0.2, 0.25) is 0 Å². The first-order chi connectivity index (χ1) is 10.1. The van der Waals surface area contributed by atoms with Crippen LogP contribution in [-0.2, 0) is 4.74 Å². The molecule has 0 N–H and O–H groups in total. The van der Waals surface area contributed by atoms with Gasteiger partial charge >= 0.3 is 5.97 Å². The number of nitro benzene ring substituents is 1. The largest absolute Gasteiger partial charge is 0.465 e. The number of anilines is 1. The molecule has 0 saturated carbocycles. The van der Waals surface area contributed by atoms with Crippen molar-refractivity contribution in [3.63, 3.8) is 0 Å². The Balaban J connectivity index is 2.45. The molecule has 1 saturated heterocycles. The molecule has 1 fully saturated rings. The van der Waals surface area contributed by atoms with Crippen molar-refractivity contribution < 1.29 is 14.5 Å². The Morgan fingerprint density at radius 1 is 1.43 bits per heavy atom. The van der Waals surface area contributed by atoms with Crippen LogP contribution >= 0.6 is 0 Å². The fourth-order valence-corrected chi connectivity index (χ4v) is 2.59. The molecule has 2 rings (SSSR count). The normalized spacial score (nSPS) is 15.0. The number of benzene rings is 1. The van der Waals surface area contributed by atoms with Crippen LogP contribution in [0.2, 0.25) is 0 Å². The number of carbonyl (C=O) groups excluding carboxylic acids is 1. The molecular weight excluding hydrogens is 274 g/mol. The second-order valence-electron chi connectivity index (χ2n) is 4.83. The summed E-state index contributed by atoms with van der Waals surface area (Å²) in [5.74, 6) is -0.497. The first-order valence-corrected chi connectivity index (χ1v) is 6.97. The molecule has 1 aromatic rings. The summed E-state index contributed by atoms with van der Waals surface area (Å²) in [6.07, 6.45) is 2.14. The van der Waals surface area contributed by atoms with Gasteiger partial charge in [-0.3, -0.25) is 15.1 Å². The summed E-state index contributed by atoms with van der Waals surface area (Å²) < 4.78 is 4.69. The zero-order valence-corrected chi connectivity index (χ0v) is 12.2. The van der Waals surface area contributed by atoms with Crippen molar-refractivity contribution in [2.24, 2.45) is 0 Å². The quantitative estimate of drug-likeness (QED) is 0.470. The maximum Gasteiger partial charge on any atom is 0.337 e. The standard InChI is InChI=1S/C14H19N3O4/c1-3-16(15-8-4-5-9-15)13-10-11(14(18)21-2)6-7-12(13)17(19)20/h6-7,10H,3-5,8-9H2,1-2H3. The number of hydrogen-bond acceptors (Lipinski definition) is 6. The molecule has 1 aromatic carbocycles. The minimum atomic E-state index is -0.497. The summed E-state index contributed by atoms with van der Waals surface area (Å²) >= 11 is 0. The number of rotatable bonds is 5. The molecule has 1 aliphatic heterocycles. The zero-order valence-electron chi connectivity index (χ0n) is 12.2. The van der Waals surface area contributed by atoms with E-state index in [1.807, 2.05) is 11.9 Å². The molecule has 7 heteroatoms. The fourth-order valence-electron chi connectivity index (χ4n) is 2.59. The van der Waals surface area contributed by atoms with Crippen molar-refractivity contribution in [1.82, 2.24) is 5.01 Å². The van der Waals surface area contributed by atoms with Crippen LogP contribution in [0, 0.1) is 10.1 Å². The highest BCUT2D eigenvalue weighted by Gasteiger charge is 2.26. The predicted octanol–water partition coefficient (Wildman–Crippen LogP) is 2.22. The molecule has 0 atom stereocenters. The van der Waals surface area contributed by atoms with Gasteiger partial charge < -0.3 is 4.74 Å². The summed E-state index contributed by atoms with van der Waals surface area (Å²) in [5.41, 5.74) is 0.749. The number of ether oxygens (including phenoxy) is 1. The van der Waals surface area contributed by atoms with Gasteiger partial charge in [0.1, 0.15) is 5.69 Å². The van der Waals surface area contributed by atoms with Crippen molar-refractivity contribution >= 4 is 17.3 Å². The predicted molar refractivity (Wildman–Crippen MR) is 78.3 cm³/mol. The van der Waals surface area contributed by atoms with E-state index in [1.54, 1.807) is 0 Å². The number of hydrazine groups is 1.